The third kappa shape index (κ3) is 2.96. The molecule has 0 N–H and O–H groups in total. The average molecular weight is 309 g/mol. The van der Waals surface area contributed by atoms with Crippen molar-refractivity contribution in [3.05, 3.63) is 59.7 Å². The highest BCUT2D eigenvalue weighted by atomic mass is 16.5. The van der Waals surface area contributed by atoms with Crippen molar-refractivity contribution in [2.24, 2.45) is 0 Å². The fraction of sp³-hybridized carbons (Fsp3) is 0.350. The maximum absolute atomic E-state index is 13.2. The Morgan fingerprint density at radius 1 is 1.00 bits per heavy atom. The van der Waals surface area contributed by atoms with Crippen LogP contribution in [0.5, 0.6) is 11.5 Å². The molecule has 0 fully saturated rings. The van der Waals surface area contributed by atoms with E-state index in [1.165, 1.54) is 0 Å². The maximum Gasteiger partial charge on any atom is 0.234 e. The average Bonchev–Trinajstić information content (AvgIpc) is 2.60. The summed E-state index contributed by atoms with van der Waals surface area (Å²) in [4.78, 5) is 15.2. The van der Waals surface area contributed by atoms with Crippen LogP contribution < -0.4 is 4.74 Å². The molecule has 1 amide bonds. The zero-order valence-electron chi connectivity index (χ0n) is 13.8. The van der Waals surface area contributed by atoms with E-state index in [-0.39, 0.29) is 11.8 Å². The first-order valence-corrected chi connectivity index (χ1v) is 8.40. The molecule has 120 valence electrons. The van der Waals surface area contributed by atoms with Gasteiger partial charge in [0.2, 0.25) is 5.91 Å². The summed E-state index contributed by atoms with van der Waals surface area (Å²) in [5.74, 6) is 1.48. The molecule has 3 nitrogen and oxygen atoms in total. The van der Waals surface area contributed by atoms with Crippen molar-refractivity contribution in [1.82, 2.24) is 4.90 Å². The minimum Gasteiger partial charge on any atom is -0.457 e. The third-order valence-corrected chi connectivity index (χ3v) is 4.40. The smallest absolute Gasteiger partial charge is 0.234 e. The van der Waals surface area contributed by atoms with E-state index in [0.29, 0.717) is 0 Å². The van der Waals surface area contributed by atoms with E-state index in [9.17, 15) is 4.79 Å². The predicted octanol–water partition coefficient (Wildman–Crippen LogP) is 4.57. The van der Waals surface area contributed by atoms with Crippen molar-refractivity contribution in [1.29, 1.82) is 0 Å². The SMILES string of the molecule is CCCCN(CC)C(=O)C1c2ccccc2Oc2ccccc21. The number of para-hydroxylation sites is 2. The lowest BCUT2D eigenvalue weighted by molar-refractivity contribution is -0.131. The molecule has 1 aliphatic rings. The maximum atomic E-state index is 13.2. The van der Waals surface area contributed by atoms with Crippen LogP contribution in [0.3, 0.4) is 0 Å². The van der Waals surface area contributed by atoms with Crippen LogP contribution in [0.4, 0.5) is 0 Å². The number of amides is 1. The van der Waals surface area contributed by atoms with Gasteiger partial charge in [-0.15, -0.1) is 0 Å². The van der Waals surface area contributed by atoms with Gasteiger partial charge in [-0.25, -0.2) is 0 Å². The van der Waals surface area contributed by atoms with Crippen LogP contribution >= 0.6 is 0 Å². The largest absolute Gasteiger partial charge is 0.457 e. The van der Waals surface area contributed by atoms with E-state index in [1.807, 2.05) is 60.4 Å². The summed E-state index contributed by atoms with van der Waals surface area (Å²) in [5.41, 5.74) is 1.93. The lowest BCUT2D eigenvalue weighted by Crippen LogP contribution is -2.37. The Balaban J connectivity index is 2.02. The first-order valence-electron chi connectivity index (χ1n) is 8.40. The van der Waals surface area contributed by atoms with Crippen LogP contribution in [0.25, 0.3) is 0 Å². The highest BCUT2D eigenvalue weighted by Crippen LogP contribution is 2.44. The lowest BCUT2D eigenvalue weighted by atomic mass is 9.86. The van der Waals surface area contributed by atoms with E-state index in [0.717, 1.165) is 48.6 Å². The zero-order chi connectivity index (χ0) is 16.2. The van der Waals surface area contributed by atoms with Gasteiger partial charge in [0.15, 0.2) is 0 Å². The van der Waals surface area contributed by atoms with Gasteiger partial charge in [-0.1, -0.05) is 49.7 Å². The van der Waals surface area contributed by atoms with Gasteiger partial charge in [0, 0.05) is 24.2 Å². The molecule has 0 aliphatic carbocycles. The minimum atomic E-state index is -0.270. The van der Waals surface area contributed by atoms with Gasteiger partial charge in [0.05, 0.1) is 5.92 Å². The number of rotatable bonds is 5. The molecule has 0 unspecified atom stereocenters. The van der Waals surface area contributed by atoms with E-state index in [2.05, 4.69) is 6.92 Å². The topological polar surface area (TPSA) is 29.5 Å². The number of hydrogen-bond donors (Lipinski definition) is 0. The van der Waals surface area contributed by atoms with Crippen molar-refractivity contribution < 1.29 is 9.53 Å². The lowest BCUT2D eigenvalue weighted by Gasteiger charge is -2.31. The number of ether oxygens (including phenoxy) is 1. The quantitative estimate of drug-likeness (QED) is 0.809. The molecule has 3 heteroatoms. The van der Waals surface area contributed by atoms with Crippen molar-refractivity contribution >= 4 is 5.91 Å². The van der Waals surface area contributed by atoms with Crippen molar-refractivity contribution in [2.75, 3.05) is 13.1 Å². The summed E-state index contributed by atoms with van der Waals surface area (Å²) in [6.07, 6.45) is 2.12. The fourth-order valence-corrected chi connectivity index (χ4v) is 3.13. The molecule has 0 radical (unpaired) electrons. The first-order chi connectivity index (χ1) is 11.3. The van der Waals surface area contributed by atoms with E-state index < -0.39 is 0 Å². The molecule has 1 aliphatic heterocycles. The Morgan fingerprint density at radius 3 is 2.09 bits per heavy atom. The molecular weight excluding hydrogens is 286 g/mol. The predicted molar refractivity (Wildman–Crippen MR) is 92.0 cm³/mol. The molecule has 1 heterocycles. The summed E-state index contributed by atoms with van der Waals surface area (Å²) in [6, 6.07) is 15.7. The number of likely N-dealkylation sites (N-methyl/N-ethyl adjacent to an activating group) is 1. The number of unbranched alkanes of at least 4 members (excludes halogenated alkanes) is 1. The molecule has 3 rings (SSSR count). The highest BCUT2D eigenvalue weighted by Gasteiger charge is 2.34. The molecule has 0 saturated heterocycles. The molecule has 0 spiro atoms. The minimum absolute atomic E-state index is 0.171. The standard InChI is InChI=1S/C20H23NO2/c1-3-5-14-21(4-2)20(22)19-15-10-6-8-12-17(15)23-18-13-9-7-11-16(18)19/h6-13,19H,3-5,14H2,1-2H3. The molecule has 23 heavy (non-hydrogen) atoms. The number of nitrogens with zero attached hydrogens (tertiary/aromatic N) is 1. The van der Waals surface area contributed by atoms with Crippen molar-refractivity contribution in [3.8, 4) is 11.5 Å². The van der Waals surface area contributed by atoms with E-state index >= 15 is 0 Å². The molecule has 0 bridgehead atoms. The Hall–Kier alpha value is -2.29. The van der Waals surface area contributed by atoms with Gasteiger partial charge in [-0.3, -0.25) is 4.79 Å². The number of fused-ring (bicyclic) bond motifs is 2. The van der Waals surface area contributed by atoms with Gasteiger partial charge < -0.3 is 9.64 Å². The van der Waals surface area contributed by atoms with Crippen LogP contribution in [0.1, 0.15) is 43.7 Å². The molecule has 0 saturated carbocycles. The van der Waals surface area contributed by atoms with E-state index in [4.69, 9.17) is 4.74 Å². The Morgan fingerprint density at radius 2 is 1.57 bits per heavy atom. The summed E-state index contributed by atoms with van der Waals surface area (Å²) >= 11 is 0. The summed E-state index contributed by atoms with van der Waals surface area (Å²) in [7, 11) is 0. The number of carbonyl (C=O) groups is 1. The van der Waals surface area contributed by atoms with E-state index in [1.54, 1.807) is 0 Å². The van der Waals surface area contributed by atoms with Gasteiger partial charge in [0.1, 0.15) is 11.5 Å². The van der Waals surface area contributed by atoms with Crippen LogP contribution in [0.15, 0.2) is 48.5 Å². The highest BCUT2D eigenvalue weighted by molar-refractivity contribution is 5.89. The van der Waals surface area contributed by atoms with Crippen LogP contribution in [-0.2, 0) is 4.79 Å². The van der Waals surface area contributed by atoms with Gasteiger partial charge in [-0.2, -0.15) is 0 Å². The monoisotopic (exact) mass is 309 g/mol. The number of hydrogen-bond acceptors (Lipinski definition) is 2. The molecule has 2 aromatic carbocycles. The zero-order valence-corrected chi connectivity index (χ0v) is 13.8. The molecule has 0 aromatic heterocycles. The molecular formula is C20H23NO2. The van der Waals surface area contributed by atoms with Crippen molar-refractivity contribution in [3.63, 3.8) is 0 Å². The Labute approximate surface area is 137 Å². The fourth-order valence-electron chi connectivity index (χ4n) is 3.13. The van der Waals surface area contributed by atoms with Crippen molar-refractivity contribution in [2.45, 2.75) is 32.6 Å². The van der Waals surface area contributed by atoms with Crippen LogP contribution in [0, 0.1) is 0 Å². The van der Waals surface area contributed by atoms with Gasteiger partial charge >= 0.3 is 0 Å². The summed E-state index contributed by atoms with van der Waals surface area (Å²) in [5, 5.41) is 0. The first kappa shape index (κ1) is 15.6. The number of benzene rings is 2. The van der Waals surface area contributed by atoms with Crippen LogP contribution in [-0.4, -0.2) is 23.9 Å². The normalized spacial score (nSPS) is 13.0. The Kier molecular flexibility index (Phi) is 4.65. The van der Waals surface area contributed by atoms with Gasteiger partial charge in [0.25, 0.3) is 0 Å². The molecule has 0 atom stereocenters. The second-order valence-corrected chi connectivity index (χ2v) is 5.88. The van der Waals surface area contributed by atoms with Gasteiger partial charge in [-0.05, 0) is 25.5 Å². The molecule has 2 aromatic rings. The second-order valence-electron chi connectivity index (χ2n) is 5.88. The second kappa shape index (κ2) is 6.86. The van der Waals surface area contributed by atoms with Crippen LogP contribution in [0.2, 0.25) is 0 Å². The summed E-state index contributed by atoms with van der Waals surface area (Å²) < 4.78 is 5.98. The summed E-state index contributed by atoms with van der Waals surface area (Å²) in [6.45, 7) is 5.75. The Bertz CT molecular complexity index is 650. The number of carbonyl (C=O) groups excluding carboxylic acids is 1. The third-order valence-electron chi connectivity index (χ3n) is 4.40.